The van der Waals surface area contributed by atoms with Gasteiger partial charge in [0.05, 0.1) is 0 Å². The first kappa shape index (κ1) is 12.9. The van der Waals surface area contributed by atoms with E-state index in [0.717, 1.165) is 12.8 Å². The van der Waals surface area contributed by atoms with Gasteiger partial charge in [-0.15, -0.1) is 0 Å². The molecule has 0 aliphatic heterocycles. The van der Waals surface area contributed by atoms with Gasteiger partial charge in [0.2, 0.25) is 5.91 Å². The van der Waals surface area contributed by atoms with Crippen LogP contribution in [0.5, 0.6) is 0 Å². The summed E-state index contributed by atoms with van der Waals surface area (Å²) in [7, 11) is 0. The average Bonchev–Trinajstić information content (AvgIpc) is 2.10. The molecular weight excluding hydrogens is 182 g/mol. The van der Waals surface area contributed by atoms with Gasteiger partial charge in [0.15, 0.2) is 0 Å². The van der Waals surface area contributed by atoms with Crippen molar-refractivity contribution < 1.29 is 14.7 Å². The topological polar surface area (TPSA) is 66.4 Å². The lowest BCUT2D eigenvalue weighted by molar-refractivity contribution is -0.142. The molecular formula is C10H19NO3. The van der Waals surface area contributed by atoms with Crippen molar-refractivity contribution in [1.29, 1.82) is 0 Å². The van der Waals surface area contributed by atoms with Gasteiger partial charge in [-0.3, -0.25) is 4.79 Å². The van der Waals surface area contributed by atoms with Crippen molar-refractivity contribution in [3.8, 4) is 0 Å². The zero-order valence-corrected chi connectivity index (χ0v) is 9.04. The first-order valence-corrected chi connectivity index (χ1v) is 5.02. The van der Waals surface area contributed by atoms with Crippen molar-refractivity contribution in [2.45, 2.75) is 46.1 Å². The van der Waals surface area contributed by atoms with Crippen molar-refractivity contribution in [2.24, 2.45) is 5.92 Å². The van der Waals surface area contributed by atoms with E-state index in [4.69, 9.17) is 5.11 Å². The van der Waals surface area contributed by atoms with Crippen LogP contribution in [0.1, 0.15) is 40.0 Å². The number of nitrogens with one attached hydrogen (secondary N) is 1. The Labute approximate surface area is 84.7 Å². The molecule has 0 saturated heterocycles. The minimum absolute atomic E-state index is 0.168. The van der Waals surface area contributed by atoms with Gasteiger partial charge in [-0.05, 0) is 6.42 Å². The van der Waals surface area contributed by atoms with E-state index >= 15 is 0 Å². The van der Waals surface area contributed by atoms with Crippen molar-refractivity contribution in [2.75, 3.05) is 0 Å². The Morgan fingerprint density at radius 2 is 1.93 bits per heavy atom. The molecule has 4 heteroatoms. The Kier molecular flexibility index (Phi) is 5.92. The number of hydrogen-bond donors (Lipinski definition) is 2. The molecule has 1 atom stereocenters. The van der Waals surface area contributed by atoms with E-state index in [9.17, 15) is 9.59 Å². The van der Waals surface area contributed by atoms with Crippen LogP contribution in [0.25, 0.3) is 0 Å². The predicted octanol–water partition coefficient (Wildman–Crippen LogP) is 1.40. The number of carbonyl (C=O) groups excluding carboxylic acids is 1. The minimum Gasteiger partial charge on any atom is -0.480 e. The lowest BCUT2D eigenvalue weighted by atomic mass is 10.1. The molecule has 0 bridgehead atoms. The highest BCUT2D eigenvalue weighted by atomic mass is 16.4. The number of aliphatic carboxylic acids is 1. The summed E-state index contributed by atoms with van der Waals surface area (Å²) >= 11 is 0. The van der Waals surface area contributed by atoms with Crippen LogP contribution in [0.2, 0.25) is 0 Å². The lowest BCUT2D eigenvalue weighted by Gasteiger charge is -2.15. The second-order valence-electron chi connectivity index (χ2n) is 3.70. The Morgan fingerprint density at radius 1 is 1.36 bits per heavy atom. The molecule has 0 fully saturated rings. The third-order valence-electron chi connectivity index (χ3n) is 1.99. The van der Waals surface area contributed by atoms with Crippen LogP contribution in [0.15, 0.2) is 0 Å². The number of carbonyl (C=O) groups is 2. The summed E-state index contributed by atoms with van der Waals surface area (Å²) in [5.41, 5.74) is 0. The van der Waals surface area contributed by atoms with Gasteiger partial charge in [0.25, 0.3) is 0 Å². The monoisotopic (exact) mass is 201 g/mol. The molecule has 2 N–H and O–H groups in total. The highest BCUT2D eigenvalue weighted by Gasteiger charge is 2.20. The molecule has 14 heavy (non-hydrogen) atoms. The van der Waals surface area contributed by atoms with Crippen molar-refractivity contribution >= 4 is 11.9 Å². The van der Waals surface area contributed by atoms with Crippen molar-refractivity contribution in [1.82, 2.24) is 5.32 Å². The van der Waals surface area contributed by atoms with E-state index in [1.165, 1.54) is 0 Å². The van der Waals surface area contributed by atoms with Crippen LogP contribution >= 0.6 is 0 Å². The summed E-state index contributed by atoms with van der Waals surface area (Å²) in [6, 6.07) is -0.732. The molecule has 0 aromatic rings. The number of hydrogen-bond acceptors (Lipinski definition) is 2. The van der Waals surface area contributed by atoms with Crippen LogP contribution in [0.3, 0.4) is 0 Å². The second-order valence-corrected chi connectivity index (χ2v) is 3.70. The molecule has 1 unspecified atom stereocenters. The van der Waals surface area contributed by atoms with E-state index < -0.39 is 12.0 Å². The Hall–Kier alpha value is -1.06. The molecule has 1 amide bonds. The molecule has 0 rings (SSSR count). The predicted molar refractivity (Wildman–Crippen MR) is 53.9 cm³/mol. The maximum Gasteiger partial charge on any atom is 0.326 e. The summed E-state index contributed by atoms with van der Waals surface area (Å²) < 4.78 is 0. The molecule has 0 aromatic heterocycles. The van der Waals surface area contributed by atoms with Crippen molar-refractivity contribution in [3.05, 3.63) is 0 Å². The number of unbranched alkanes of at least 4 members (excludes halogenated alkanes) is 1. The van der Waals surface area contributed by atoms with Gasteiger partial charge in [0.1, 0.15) is 6.04 Å². The van der Waals surface area contributed by atoms with Gasteiger partial charge >= 0.3 is 5.97 Å². The SMILES string of the molecule is CCCCC(NC(=O)C(C)C)C(=O)O. The first-order chi connectivity index (χ1) is 6.49. The first-order valence-electron chi connectivity index (χ1n) is 5.02. The van der Waals surface area contributed by atoms with E-state index in [0.29, 0.717) is 6.42 Å². The highest BCUT2D eigenvalue weighted by Crippen LogP contribution is 2.02. The van der Waals surface area contributed by atoms with Crippen LogP contribution in [0.4, 0.5) is 0 Å². The standard InChI is InChI=1S/C10H19NO3/c1-4-5-6-8(10(13)14)11-9(12)7(2)3/h7-8H,4-6H2,1-3H3,(H,11,12)(H,13,14). The van der Waals surface area contributed by atoms with Gasteiger partial charge in [-0.25, -0.2) is 4.79 Å². The minimum atomic E-state index is -0.951. The van der Waals surface area contributed by atoms with Crippen LogP contribution in [-0.2, 0) is 9.59 Å². The molecule has 0 spiro atoms. The van der Waals surface area contributed by atoms with Gasteiger partial charge in [0, 0.05) is 5.92 Å². The summed E-state index contributed by atoms with van der Waals surface area (Å²) in [4.78, 5) is 22.0. The molecule has 0 aliphatic carbocycles. The van der Waals surface area contributed by atoms with Crippen LogP contribution in [0, 0.1) is 5.92 Å². The molecule has 82 valence electrons. The van der Waals surface area contributed by atoms with E-state index in [1.54, 1.807) is 13.8 Å². The average molecular weight is 201 g/mol. The van der Waals surface area contributed by atoms with Crippen LogP contribution < -0.4 is 5.32 Å². The van der Waals surface area contributed by atoms with E-state index in [-0.39, 0.29) is 11.8 Å². The summed E-state index contributed by atoms with van der Waals surface area (Å²) in [5, 5.41) is 11.3. The zero-order chi connectivity index (χ0) is 11.1. The fourth-order valence-electron chi connectivity index (χ4n) is 1.00. The fraction of sp³-hybridized carbons (Fsp3) is 0.800. The maximum absolute atomic E-state index is 11.2. The Bertz CT molecular complexity index is 202. The number of carboxylic acids is 1. The fourth-order valence-corrected chi connectivity index (χ4v) is 1.00. The Balaban J connectivity index is 4.09. The highest BCUT2D eigenvalue weighted by molar-refractivity contribution is 5.84. The van der Waals surface area contributed by atoms with Crippen LogP contribution in [-0.4, -0.2) is 23.0 Å². The normalized spacial score (nSPS) is 12.6. The summed E-state index contributed by atoms with van der Waals surface area (Å²) in [5.74, 6) is -1.32. The van der Waals surface area contributed by atoms with E-state index in [1.807, 2.05) is 6.92 Å². The second kappa shape index (κ2) is 6.40. The largest absolute Gasteiger partial charge is 0.480 e. The molecule has 0 aromatic carbocycles. The van der Waals surface area contributed by atoms with E-state index in [2.05, 4.69) is 5.32 Å². The summed E-state index contributed by atoms with van der Waals surface area (Å²) in [6.45, 7) is 5.48. The molecule has 4 nitrogen and oxygen atoms in total. The third kappa shape index (κ3) is 4.84. The number of carboxylic acid groups (broad SMARTS) is 1. The van der Waals surface area contributed by atoms with Gasteiger partial charge in [-0.2, -0.15) is 0 Å². The zero-order valence-electron chi connectivity index (χ0n) is 9.04. The molecule has 0 radical (unpaired) electrons. The van der Waals surface area contributed by atoms with Gasteiger partial charge in [-0.1, -0.05) is 33.6 Å². The molecule has 0 aliphatic rings. The third-order valence-corrected chi connectivity index (χ3v) is 1.99. The van der Waals surface area contributed by atoms with Gasteiger partial charge < -0.3 is 10.4 Å². The Morgan fingerprint density at radius 3 is 2.29 bits per heavy atom. The smallest absolute Gasteiger partial charge is 0.326 e. The van der Waals surface area contributed by atoms with Crippen molar-refractivity contribution in [3.63, 3.8) is 0 Å². The number of amides is 1. The lowest BCUT2D eigenvalue weighted by Crippen LogP contribution is -2.42. The quantitative estimate of drug-likeness (QED) is 0.682. The molecule has 0 heterocycles. The number of rotatable bonds is 6. The molecule has 0 saturated carbocycles. The maximum atomic E-state index is 11.2. The summed E-state index contributed by atoms with van der Waals surface area (Å²) in [6.07, 6.45) is 2.25.